The molecule has 0 fully saturated rings. The first-order chi connectivity index (χ1) is 14.2. The van der Waals surface area contributed by atoms with Crippen LogP contribution in [0, 0.1) is 0 Å². The zero-order valence-corrected chi connectivity index (χ0v) is 16.7. The van der Waals surface area contributed by atoms with E-state index in [2.05, 4.69) is 15.6 Å². The van der Waals surface area contributed by atoms with Crippen molar-refractivity contribution in [2.75, 3.05) is 26.3 Å². The summed E-state index contributed by atoms with van der Waals surface area (Å²) in [6, 6.07) is 11.0. The van der Waals surface area contributed by atoms with E-state index in [1.807, 2.05) is 24.3 Å². The Labute approximate surface area is 171 Å². The number of hydrogen-bond donors (Lipinski definition) is 2. The Balaban J connectivity index is 1.37. The summed E-state index contributed by atoms with van der Waals surface area (Å²) in [6.45, 7) is 0.589. The number of amides is 1. The molecule has 1 aliphatic heterocycles. The minimum Gasteiger partial charge on any atom is -0.493 e. The highest BCUT2D eigenvalue weighted by Crippen LogP contribution is 2.33. The zero-order valence-electron chi connectivity index (χ0n) is 15.9. The Hall–Kier alpha value is -3.46. The van der Waals surface area contributed by atoms with Crippen LogP contribution in [-0.2, 0) is 6.54 Å². The summed E-state index contributed by atoms with van der Waals surface area (Å²) < 4.78 is 21.2. The van der Waals surface area contributed by atoms with Gasteiger partial charge in [0.15, 0.2) is 28.1 Å². The lowest BCUT2D eigenvalue weighted by Gasteiger charge is -2.09. The Morgan fingerprint density at radius 3 is 2.76 bits per heavy atom. The third kappa shape index (κ3) is 4.19. The van der Waals surface area contributed by atoms with Crippen LogP contribution in [-0.4, -0.2) is 31.9 Å². The third-order valence-electron chi connectivity index (χ3n) is 4.26. The Morgan fingerprint density at radius 1 is 1.10 bits per heavy atom. The minimum absolute atomic E-state index is 0.222. The van der Waals surface area contributed by atoms with Crippen LogP contribution in [0.15, 0.2) is 41.8 Å². The molecular formula is C20H19N3O5S. The topological polar surface area (TPSA) is 90.9 Å². The third-order valence-corrected chi connectivity index (χ3v) is 5.02. The molecule has 0 saturated carbocycles. The molecular weight excluding hydrogens is 394 g/mol. The number of hydrogen-bond acceptors (Lipinski definition) is 8. The lowest BCUT2D eigenvalue weighted by molar-refractivity contribution is 0.0946. The molecule has 1 aromatic heterocycles. The van der Waals surface area contributed by atoms with E-state index in [0.29, 0.717) is 40.4 Å². The highest BCUT2D eigenvalue weighted by molar-refractivity contribution is 7.14. The Morgan fingerprint density at radius 2 is 1.93 bits per heavy atom. The van der Waals surface area contributed by atoms with Gasteiger partial charge in [-0.3, -0.25) is 4.79 Å². The second kappa shape index (κ2) is 8.27. The molecule has 0 bridgehead atoms. The van der Waals surface area contributed by atoms with E-state index in [0.717, 1.165) is 11.3 Å². The van der Waals surface area contributed by atoms with Gasteiger partial charge in [0.05, 0.1) is 14.2 Å². The first-order valence-electron chi connectivity index (χ1n) is 8.77. The van der Waals surface area contributed by atoms with Gasteiger partial charge in [0.1, 0.15) is 5.69 Å². The number of nitrogens with zero attached hydrogens (tertiary/aromatic N) is 1. The maximum absolute atomic E-state index is 12.4. The molecule has 0 saturated heterocycles. The van der Waals surface area contributed by atoms with Crippen LogP contribution in [0.2, 0.25) is 0 Å². The number of fused-ring (bicyclic) bond motifs is 1. The first-order valence-corrected chi connectivity index (χ1v) is 9.65. The molecule has 2 aromatic carbocycles. The smallest absolute Gasteiger partial charge is 0.271 e. The number of anilines is 2. The molecule has 0 radical (unpaired) electrons. The molecule has 3 aromatic rings. The number of carbonyl (C=O) groups is 1. The number of carbonyl (C=O) groups excluding carboxylic acids is 1. The second-order valence-electron chi connectivity index (χ2n) is 6.10. The van der Waals surface area contributed by atoms with Crippen LogP contribution in [0.3, 0.4) is 0 Å². The fourth-order valence-electron chi connectivity index (χ4n) is 2.80. The van der Waals surface area contributed by atoms with Gasteiger partial charge < -0.3 is 29.6 Å². The average molecular weight is 413 g/mol. The van der Waals surface area contributed by atoms with Gasteiger partial charge in [0.25, 0.3) is 5.91 Å². The summed E-state index contributed by atoms with van der Waals surface area (Å²) in [5.41, 5.74) is 2.05. The lowest BCUT2D eigenvalue weighted by Crippen LogP contribution is -2.23. The summed E-state index contributed by atoms with van der Waals surface area (Å²) in [5, 5.41) is 8.34. The van der Waals surface area contributed by atoms with Gasteiger partial charge in [-0.2, -0.15) is 0 Å². The Kier molecular flexibility index (Phi) is 5.39. The van der Waals surface area contributed by atoms with Crippen molar-refractivity contribution in [3.05, 3.63) is 53.0 Å². The van der Waals surface area contributed by atoms with E-state index < -0.39 is 0 Å². The summed E-state index contributed by atoms with van der Waals surface area (Å²) in [6.07, 6.45) is 0. The molecule has 150 valence electrons. The monoisotopic (exact) mass is 413 g/mol. The number of methoxy groups -OCH3 is 2. The molecule has 2 N–H and O–H groups in total. The van der Waals surface area contributed by atoms with Crippen molar-refractivity contribution < 1.29 is 23.7 Å². The zero-order chi connectivity index (χ0) is 20.2. The number of ether oxygens (including phenoxy) is 4. The molecule has 0 unspecified atom stereocenters. The van der Waals surface area contributed by atoms with Gasteiger partial charge in [-0.05, 0) is 29.8 Å². The van der Waals surface area contributed by atoms with Crippen molar-refractivity contribution >= 4 is 28.1 Å². The van der Waals surface area contributed by atoms with Gasteiger partial charge in [-0.1, -0.05) is 6.07 Å². The fourth-order valence-corrected chi connectivity index (χ4v) is 3.51. The van der Waals surface area contributed by atoms with Crippen LogP contribution < -0.4 is 29.6 Å². The summed E-state index contributed by atoms with van der Waals surface area (Å²) in [5.74, 6) is 2.40. The molecule has 29 heavy (non-hydrogen) atoms. The maximum Gasteiger partial charge on any atom is 0.271 e. The Bertz CT molecular complexity index is 1040. The van der Waals surface area contributed by atoms with E-state index in [-0.39, 0.29) is 12.7 Å². The summed E-state index contributed by atoms with van der Waals surface area (Å²) in [7, 11) is 3.16. The van der Waals surface area contributed by atoms with Gasteiger partial charge in [-0.15, -0.1) is 11.3 Å². The van der Waals surface area contributed by atoms with Crippen molar-refractivity contribution in [1.29, 1.82) is 0 Å². The normalized spacial score (nSPS) is 11.8. The quantitative estimate of drug-likeness (QED) is 0.612. The number of aromatic nitrogens is 1. The lowest BCUT2D eigenvalue weighted by atomic mass is 10.2. The summed E-state index contributed by atoms with van der Waals surface area (Å²) >= 11 is 1.34. The number of thiazole rings is 1. The number of benzene rings is 2. The van der Waals surface area contributed by atoms with Crippen molar-refractivity contribution in [1.82, 2.24) is 10.3 Å². The van der Waals surface area contributed by atoms with Gasteiger partial charge in [0.2, 0.25) is 6.79 Å². The highest BCUT2D eigenvalue weighted by atomic mass is 32.1. The van der Waals surface area contributed by atoms with Gasteiger partial charge >= 0.3 is 0 Å². The first kappa shape index (κ1) is 18.9. The minimum atomic E-state index is -0.251. The molecule has 0 spiro atoms. The average Bonchev–Trinajstić information content (AvgIpc) is 3.41. The molecule has 9 heteroatoms. The number of rotatable bonds is 7. The molecule has 2 heterocycles. The highest BCUT2D eigenvalue weighted by Gasteiger charge is 2.15. The van der Waals surface area contributed by atoms with Crippen LogP contribution >= 0.6 is 11.3 Å². The number of nitrogens with one attached hydrogen (secondary N) is 2. The SMILES string of the molecule is COc1ccc(Nc2nc(C(=O)NCc3ccc4c(c3)OCO4)cs2)cc1OC. The van der Waals surface area contributed by atoms with Gasteiger partial charge in [-0.25, -0.2) is 4.98 Å². The van der Waals surface area contributed by atoms with E-state index in [9.17, 15) is 4.79 Å². The fraction of sp³-hybridized carbons (Fsp3) is 0.200. The molecule has 4 rings (SSSR count). The molecule has 8 nitrogen and oxygen atoms in total. The van der Waals surface area contributed by atoms with E-state index in [1.54, 1.807) is 31.7 Å². The van der Waals surface area contributed by atoms with E-state index in [1.165, 1.54) is 11.3 Å². The van der Waals surface area contributed by atoms with Crippen molar-refractivity contribution in [2.45, 2.75) is 6.54 Å². The van der Waals surface area contributed by atoms with Crippen molar-refractivity contribution in [3.63, 3.8) is 0 Å². The van der Waals surface area contributed by atoms with E-state index >= 15 is 0 Å². The predicted octanol–water partition coefficient (Wildman–Crippen LogP) is 3.56. The maximum atomic E-state index is 12.4. The van der Waals surface area contributed by atoms with Gasteiger partial charge in [0, 0.05) is 23.7 Å². The van der Waals surface area contributed by atoms with Crippen LogP contribution in [0.25, 0.3) is 0 Å². The van der Waals surface area contributed by atoms with Crippen LogP contribution in [0.1, 0.15) is 16.1 Å². The van der Waals surface area contributed by atoms with Crippen molar-refractivity contribution in [2.24, 2.45) is 0 Å². The summed E-state index contributed by atoms with van der Waals surface area (Å²) in [4.78, 5) is 16.8. The van der Waals surface area contributed by atoms with Crippen molar-refractivity contribution in [3.8, 4) is 23.0 Å². The molecule has 1 amide bonds. The second-order valence-corrected chi connectivity index (χ2v) is 6.96. The largest absolute Gasteiger partial charge is 0.493 e. The van der Waals surface area contributed by atoms with Crippen LogP contribution in [0.5, 0.6) is 23.0 Å². The van der Waals surface area contributed by atoms with Crippen LogP contribution in [0.4, 0.5) is 10.8 Å². The standard InChI is InChI=1S/C20H19N3O5S/c1-25-15-6-4-13(8-17(15)26-2)22-20-23-14(10-29-20)19(24)21-9-12-3-5-16-18(7-12)28-11-27-16/h3-8,10H,9,11H2,1-2H3,(H,21,24)(H,22,23). The molecule has 1 aliphatic rings. The molecule has 0 aliphatic carbocycles. The predicted molar refractivity (Wildman–Crippen MR) is 109 cm³/mol. The van der Waals surface area contributed by atoms with E-state index in [4.69, 9.17) is 18.9 Å². The molecule has 0 atom stereocenters.